The van der Waals surface area contributed by atoms with Crippen LogP contribution in [0.3, 0.4) is 0 Å². The first-order valence-corrected chi connectivity index (χ1v) is 6.53. The number of thiol groups is 1. The van der Waals surface area contributed by atoms with Gasteiger partial charge in [-0.25, -0.2) is 0 Å². The maximum atomic E-state index is 11.9. The number of fused-ring (bicyclic) bond motifs is 1. The lowest BCUT2D eigenvalue weighted by molar-refractivity contribution is 0.0946. The number of carbonyl (C=O) groups is 1. The third kappa shape index (κ3) is 2.65. The Kier molecular flexibility index (Phi) is 3.47. The minimum atomic E-state index is -0.151. The van der Waals surface area contributed by atoms with E-state index in [1.807, 2.05) is 0 Å². The fourth-order valence-corrected chi connectivity index (χ4v) is 2.28. The molecule has 0 aliphatic heterocycles. The maximum Gasteiger partial charge on any atom is 0.273 e. The van der Waals surface area contributed by atoms with Gasteiger partial charge in [0.05, 0.1) is 0 Å². The number of carbonyl (C=O) groups excluding carboxylic acids is 1. The minimum absolute atomic E-state index is 0.151. The Bertz CT molecular complexity index is 426. The minimum Gasteiger partial charge on any atom is -0.360 e. The van der Waals surface area contributed by atoms with Crippen molar-refractivity contribution in [1.29, 1.82) is 0 Å². The second-order valence-electron chi connectivity index (χ2n) is 5.25. The summed E-state index contributed by atoms with van der Waals surface area (Å²) in [5.74, 6) is 1.35. The summed E-state index contributed by atoms with van der Waals surface area (Å²) in [5, 5.41) is 6.68. The van der Waals surface area contributed by atoms with Crippen LogP contribution in [0.1, 0.15) is 42.1 Å². The van der Waals surface area contributed by atoms with Gasteiger partial charge in [-0.05, 0) is 18.3 Å². The number of hydrogen-bond donors (Lipinski definition) is 2. The second-order valence-corrected chi connectivity index (χ2v) is 5.70. The Labute approximate surface area is 107 Å². The quantitative estimate of drug-likeness (QED) is 0.809. The van der Waals surface area contributed by atoms with Crippen LogP contribution >= 0.6 is 12.6 Å². The molecule has 2 rings (SSSR count). The Morgan fingerprint density at radius 3 is 3.06 bits per heavy atom. The molecule has 0 radical (unpaired) electrons. The average Bonchev–Trinajstić information content (AvgIpc) is 2.67. The van der Waals surface area contributed by atoms with Crippen molar-refractivity contribution in [3.05, 3.63) is 17.0 Å². The van der Waals surface area contributed by atoms with Crippen LogP contribution in [0.2, 0.25) is 0 Å². The number of rotatable bonds is 3. The largest absolute Gasteiger partial charge is 0.360 e. The molecule has 1 aromatic heterocycles. The van der Waals surface area contributed by atoms with Crippen molar-refractivity contribution in [3.8, 4) is 0 Å². The van der Waals surface area contributed by atoms with Gasteiger partial charge in [0.1, 0.15) is 5.76 Å². The number of nitrogens with one attached hydrogen (secondary N) is 1. The molecular formula is C12H18N2O2S. The summed E-state index contributed by atoms with van der Waals surface area (Å²) in [6, 6.07) is 0. The highest BCUT2D eigenvalue weighted by Crippen LogP contribution is 2.36. The van der Waals surface area contributed by atoms with Gasteiger partial charge in [-0.2, -0.15) is 12.6 Å². The number of amides is 1. The van der Waals surface area contributed by atoms with Crippen molar-refractivity contribution in [2.24, 2.45) is 5.41 Å². The molecule has 1 amide bonds. The molecule has 0 unspecified atom stereocenters. The molecule has 1 aliphatic carbocycles. The fraction of sp³-hybridized carbons (Fsp3) is 0.667. The van der Waals surface area contributed by atoms with Gasteiger partial charge in [0, 0.05) is 24.3 Å². The van der Waals surface area contributed by atoms with Crippen molar-refractivity contribution in [1.82, 2.24) is 10.5 Å². The molecule has 5 heteroatoms. The lowest BCUT2D eigenvalue weighted by atomic mass is 9.76. The van der Waals surface area contributed by atoms with Gasteiger partial charge >= 0.3 is 0 Å². The summed E-state index contributed by atoms with van der Waals surface area (Å²) in [6.07, 6.45) is 2.80. The summed E-state index contributed by atoms with van der Waals surface area (Å²) in [4.78, 5) is 11.9. The van der Waals surface area contributed by atoms with Crippen LogP contribution in [0.25, 0.3) is 0 Å². The summed E-state index contributed by atoms with van der Waals surface area (Å²) < 4.78 is 5.25. The van der Waals surface area contributed by atoms with E-state index < -0.39 is 0 Å². The summed E-state index contributed by atoms with van der Waals surface area (Å²) in [7, 11) is 0. The number of hydrogen-bond acceptors (Lipinski definition) is 4. The standard InChI is InChI=1S/C12H18N2O2S/c1-12(2)4-3-9-8(7-12)10(14-16-9)11(15)13-5-6-17/h17H,3-7H2,1-2H3,(H,13,15). The molecular weight excluding hydrogens is 236 g/mol. The topological polar surface area (TPSA) is 55.1 Å². The Morgan fingerprint density at radius 1 is 1.59 bits per heavy atom. The van der Waals surface area contributed by atoms with Gasteiger partial charge in [-0.15, -0.1) is 0 Å². The third-order valence-electron chi connectivity index (χ3n) is 3.17. The van der Waals surface area contributed by atoms with E-state index in [9.17, 15) is 4.79 Å². The molecule has 0 aromatic carbocycles. The Balaban J connectivity index is 2.20. The van der Waals surface area contributed by atoms with E-state index in [2.05, 4.69) is 36.9 Å². The van der Waals surface area contributed by atoms with E-state index >= 15 is 0 Å². The highest BCUT2D eigenvalue weighted by atomic mass is 32.1. The molecule has 4 nitrogen and oxygen atoms in total. The normalized spacial score (nSPS) is 17.6. The van der Waals surface area contributed by atoms with E-state index in [0.717, 1.165) is 30.6 Å². The monoisotopic (exact) mass is 254 g/mol. The van der Waals surface area contributed by atoms with Crippen LogP contribution in [0.5, 0.6) is 0 Å². The number of aryl methyl sites for hydroxylation is 1. The summed E-state index contributed by atoms with van der Waals surface area (Å²) >= 11 is 4.06. The number of nitrogens with zero attached hydrogens (tertiary/aromatic N) is 1. The molecule has 0 saturated carbocycles. The van der Waals surface area contributed by atoms with Gasteiger partial charge in [0.2, 0.25) is 0 Å². The molecule has 1 heterocycles. The van der Waals surface area contributed by atoms with Crippen LogP contribution in [0, 0.1) is 5.41 Å². The highest BCUT2D eigenvalue weighted by molar-refractivity contribution is 7.80. The molecule has 0 spiro atoms. The molecule has 0 saturated heterocycles. The van der Waals surface area contributed by atoms with E-state index in [1.165, 1.54) is 0 Å². The molecule has 0 bridgehead atoms. The molecule has 1 N–H and O–H groups in total. The lowest BCUT2D eigenvalue weighted by Crippen LogP contribution is -2.29. The van der Waals surface area contributed by atoms with Gasteiger partial charge in [0.25, 0.3) is 5.91 Å². The van der Waals surface area contributed by atoms with Crippen LogP contribution < -0.4 is 5.32 Å². The third-order valence-corrected chi connectivity index (χ3v) is 3.39. The zero-order chi connectivity index (χ0) is 12.5. The zero-order valence-corrected chi connectivity index (χ0v) is 11.1. The Morgan fingerprint density at radius 2 is 2.35 bits per heavy atom. The average molecular weight is 254 g/mol. The van der Waals surface area contributed by atoms with E-state index in [4.69, 9.17) is 4.52 Å². The SMILES string of the molecule is CC1(C)CCc2onc(C(=O)NCCS)c2C1. The molecule has 0 fully saturated rings. The van der Waals surface area contributed by atoms with Gasteiger partial charge in [-0.3, -0.25) is 4.79 Å². The van der Waals surface area contributed by atoms with E-state index in [1.54, 1.807) is 0 Å². The fourth-order valence-electron chi connectivity index (χ4n) is 2.17. The molecule has 17 heavy (non-hydrogen) atoms. The van der Waals surface area contributed by atoms with Crippen LogP contribution in [0.15, 0.2) is 4.52 Å². The second kappa shape index (κ2) is 4.72. The predicted octanol–water partition coefficient (Wildman–Crippen LogP) is 1.85. The Hall–Kier alpha value is -0.970. The molecule has 1 aliphatic rings. The molecule has 0 atom stereocenters. The van der Waals surface area contributed by atoms with Crippen LogP contribution in [-0.2, 0) is 12.8 Å². The van der Waals surface area contributed by atoms with Crippen molar-refractivity contribution >= 4 is 18.5 Å². The van der Waals surface area contributed by atoms with E-state index in [0.29, 0.717) is 18.0 Å². The first-order chi connectivity index (χ1) is 8.03. The first kappa shape index (κ1) is 12.5. The first-order valence-electron chi connectivity index (χ1n) is 5.90. The summed E-state index contributed by atoms with van der Waals surface area (Å²) in [5.41, 5.74) is 1.66. The molecule has 1 aromatic rings. The van der Waals surface area contributed by atoms with Crippen LogP contribution in [-0.4, -0.2) is 23.4 Å². The lowest BCUT2D eigenvalue weighted by Gasteiger charge is -2.28. The summed E-state index contributed by atoms with van der Waals surface area (Å²) in [6.45, 7) is 4.96. The van der Waals surface area contributed by atoms with Crippen molar-refractivity contribution in [3.63, 3.8) is 0 Å². The van der Waals surface area contributed by atoms with Crippen molar-refractivity contribution in [2.45, 2.75) is 33.1 Å². The van der Waals surface area contributed by atoms with Crippen LogP contribution in [0.4, 0.5) is 0 Å². The number of aromatic nitrogens is 1. The van der Waals surface area contributed by atoms with Gasteiger partial charge in [0.15, 0.2) is 5.69 Å². The highest BCUT2D eigenvalue weighted by Gasteiger charge is 2.32. The smallest absolute Gasteiger partial charge is 0.273 e. The maximum absolute atomic E-state index is 11.9. The van der Waals surface area contributed by atoms with Crippen molar-refractivity contribution < 1.29 is 9.32 Å². The van der Waals surface area contributed by atoms with Gasteiger partial charge < -0.3 is 9.84 Å². The zero-order valence-electron chi connectivity index (χ0n) is 10.2. The van der Waals surface area contributed by atoms with E-state index in [-0.39, 0.29) is 11.3 Å². The van der Waals surface area contributed by atoms with Crippen molar-refractivity contribution in [2.75, 3.05) is 12.3 Å². The van der Waals surface area contributed by atoms with Gasteiger partial charge in [-0.1, -0.05) is 19.0 Å². The predicted molar refractivity (Wildman–Crippen MR) is 68.5 cm³/mol. The molecule has 94 valence electrons.